The molecule has 1 amide bonds. The molecular weight excluding hydrogens is 376 g/mol. The van der Waals surface area contributed by atoms with Crippen LogP contribution in [0.25, 0.3) is 11.0 Å². The zero-order chi connectivity index (χ0) is 18.6. The zero-order valence-electron chi connectivity index (χ0n) is 15.9. The van der Waals surface area contributed by atoms with Crippen molar-refractivity contribution in [3.8, 4) is 5.75 Å². The van der Waals surface area contributed by atoms with Crippen LogP contribution in [-0.2, 0) is 6.61 Å². The van der Waals surface area contributed by atoms with Gasteiger partial charge in [-0.05, 0) is 38.1 Å². The first-order valence-corrected chi connectivity index (χ1v) is 9.41. The highest BCUT2D eigenvalue weighted by molar-refractivity contribution is 5.99. The van der Waals surface area contributed by atoms with Gasteiger partial charge in [-0.15, -0.1) is 12.4 Å². The van der Waals surface area contributed by atoms with E-state index >= 15 is 0 Å². The summed E-state index contributed by atoms with van der Waals surface area (Å²) >= 11 is 0. The molecule has 0 atom stereocenters. The molecule has 0 radical (unpaired) electrons. The van der Waals surface area contributed by atoms with Gasteiger partial charge in [0, 0.05) is 30.1 Å². The smallest absolute Gasteiger partial charge is 0.290 e. The van der Waals surface area contributed by atoms with Crippen molar-refractivity contribution in [1.82, 2.24) is 10.2 Å². The molecule has 2 aromatic carbocycles. The summed E-state index contributed by atoms with van der Waals surface area (Å²) in [5.74, 6) is 1.12. The number of rotatable bonds is 5. The SMILES string of the molecule is CNC1CCN(C(=O)c2oc3ccccc3c2COc2ccccc2)CC1.Cl. The summed E-state index contributed by atoms with van der Waals surface area (Å²) in [5, 5.41) is 4.23. The van der Waals surface area contributed by atoms with Gasteiger partial charge >= 0.3 is 0 Å². The maximum absolute atomic E-state index is 13.2. The van der Waals surface area contributed by atoms with Crippen molar-refractivity contribution < 1.29 is 13.9 Å². The summed E-state index contributed by atoms with van der Waals surface area (Å²) in [5.41, 5.74) is 1.54. The maximum atomic E-state index is 13.2. The predicted molar refractivity (Wildman–Crippen MR) is 112 cm³/mol. The van der Waals surface area contributed by atoms with Crippen LogP contribution in [0.5, 0.6) is 5.75 Å². The molecule has 3 aromatic rings. The Morgan fingerprint density at radius 2 is 1.79 bits per heavy atom. The number of carbonyl (C=O) groups is 1. The molecular formula is C22H25ClN2O3. The van der Waals surface area contributed by atoms with Crippen molar-refractivity contribution in [1.29, 1.82) is 0 Å². The fourth-order valence-corrected chi connectivity index (χ4v) is 3.60. The zero-order valence-corrected chi connectivity index (χ0v) is 16.7. The van der Waals surface area contributed by atoms with Gasteiger partial charge in [0.1, 0.15) is 17.9 Å². The van der Waals surface area contributed by atoms with Gasteiger partial charge in [-0.25, -0.2) is 0 Å². The molecule has 0 spiro atoms. The molecule has 0 saturated carbocycles. The highest BCUT2D eigenvalue weighted by Crippen LogP contribution is 2.29. The number of hydrogen-bond donors (Lipinski definition) is 1. The molecule has 2 heterocycles. The minimum Gasteiger partial charge on any atom is -0.489 e. The Balaban J connectivity index is 0.00000225. The lowest BCUT2D eigenvalue weighted by molar-refractivity contribution is 0.0674. The highest BCUT2D eigenvalue weighted by Gasteiger charge is 2.28. The van der Waals surface area contributed by atoms with E-state index in [1.54, 1.807) is 0 Å². The van der Waals surface area contributed by atoms with E-state index in [4.69, 9.17) is 9.15 Å². The Morgan fingerprint density at radius 3 is 2.50 bits per heavy atom. The van der Waals surface area contributed by atoms with Crippen LogP contribution in [0.1, 0.15) is 29.0 Å². The highest BCUT2D eigenvalue weighted by atomic mass is 35.5. The summed E-state index contributed by atoms with van der Waals surface area (Å²) in [6.45, 7) is 1.77. The number of nitrogens with zero attached hydrogens (tertiary/aromatic N) is 1. The first-order valence-electron chi connectivity index (χ1n) is 9.41. The van der Waals surface area contributed by atoms with Crippen LogP contribution < -0.4 is 10.1 Å². The van der Waals surface area contributed by atoms with E-state index in [1.807, 2.05) is 66.5 Å². The normalized spacial score (nSPS) is 14.7. The minimum absolute atomic E-state index is 0. The van der Waals surface area contributed by atoms with Crippen molar-refractivity contribution in [2.75, 3.05) is 20.1 Å². The number of carbonyl (C=O) groups excluding carboxylic acids is 1. The van der Waals surface area contributed by atoms with Gasteiger partial charge in [0.05, 0.1) is 0 Å². The van der Waals surface area contributed by atoms with Crippen LogP contribution in [0.15, 0.2) is 59.0 Å². The van der Waals surface area contributed by atoms with E-state index in [-0.39, 0.29) is 18.3 Å². The van der Waals surface area contributed by atoms with Gasteiger partial charge in [0.2, 0.25) is 0 Å². The van der Waals surface area contributed by atoms with Crippen molar-refractivity contribution in [2.24, 2.45) is 0 Å². The number of likely N-dealkylation sites (tertiary alicyclic amines) is 1. The molecule has 0 bridgehead atoms. The molecule has 1 N–H and O–H groups in total. The number of benzene rings is 2. The third-order valence-corrected chi connectivity index (χ3v) is 5.21. The van der Waals surface area contributed by atoms with Crippen molar-refractivity contribution in [3.63, 3.8) is 0 Å². The number of para-hydroxylation sites is 2. The van der Waals surface area contributed by atoms with E-state index in [0.29, 0.717) is 18.4 Å². The Kier molecular flexibility index (Phi) is 6.60. The van der Waals surface area contributed by atoms with Crippen LogP contribution >= 0.6 is 12.4 Å². The minimum atomic E-state index is -0.0487. The second kappa shape index (κ2) is 9.13. The predicted octanol–water partition coefficient (Wildman–Crippen LogP) is 4.26. The molecule has 148 valence electrons. The Bertz CT molecular complexity index is 918. The molecule has 0 unspecified atom stereocenters. The summed E-state index contributed by atoms with van der Waals surface area (Å²) in [6, 6.07) is 17.9. The number of amides is 1. The van der Waals surface area contributed by atoms with Gasteiger partial charge in [-0.2, -0.15) is 0 Å². The van der Waals surface area contributed by atoms with Gasteiger partial charge in [0.25, 0.3) is 5.91 Å². The van der Waals surface area contributed by atoms with Gasteiger partial charge in [-0.3, -0.25) is 4.79 Å². The number of fused-ring (bicyclic) bond motifs is 1. The summed E-state index contributed by atoms with van der Waals surface area (Å²) < 4.78 is 11.9. The number of piperidine rings is 1. The molecule has 6 heteroatoms. The number of halogens is 1. The number of ether oxygens (including phenoxy) is 1. The molecule has 1 aliphatic rings. The average Bonchev–Trinajstić information content (AvgIpc) is 3.11. The second-order valence-electron chi connectivity index (χ2n) is 6.86. The Labute approximate surface area is 171 Å². The van der Waals surface area contributed by atoms with Gasteiger partial charge < -0.3 is 19.4 Å². The third kappa shape index (κ3) is 4.16. The quantitative estimate of drug-likeness (QED) is 0.695. The lowest BCUT2D eigenvalue weighted by atomic mass is 10.0. The molecule has 1 saturated heterocycles. The first-order chi connectivity index (χ1) is 13.3. The van der Waals surface area contributed by atoms with E-state index in [2.05, 4.69) is 5.32 Å². The second-order valence-corrected chi connectivity index (χ2v) is 6.86. The summed E-state index contributed by atoms with van der Waals surface area (Å²) in [6.07, 6.45) is 1.91. The number of furan rings is 1. The third-order valence-electron chi connectivity index (χ3n) is 5.21. The first kappa shape index (κ1) is 20.2. The molecule has 1 aliphatic heterocycles. The maximum Gasteiger partial charge on any atom is 0.290 e. The summed E-state index contributed by atoms with van der Waals surface area (Å²) in [7, 11) is 1.97. The molecule has 1 fully saturated rings. The van der Waals surface area contributed by atoms with Crippen molar-refractivity contribution >= 4 is 29.3 Å². The fraction of sp³-hybridized carbons (Fsp3) is 0.318. The van der Waals surface area contributed by atoms with E-state index in [9.17, 15) is 4.79 Å². The standard InChI is InChI=1S/C22H24N2O3.ClH/c1-23-16-11-13-24(14-12-16)22(25)21-19(15-26-17-7-3-2-4-8-17)18-9-5-6-10-20(18)27-21;/h2-10,16,23H,11-15H2,1H3;1H. The van der Waals surface area contributed by atoms with Crippen LogP contribution in [-0.4, -0.2) is 37.0 Å². The molecule has 4 rings (SSSR count). The number of hydrogen-bond acceptors (Lipinski definition) is 4. The van der Waals surface area contributed by atoms with Gasteiger partial charge in [0.15, 0.2) is 5.76 Å². The molecule has 28 heavy (non-hydrogen) atoms. The monoisotopic (exact) mass is 400 g/mol. The van der Waals surface area contributed by atoms with E-state index in [0.717, 1.165) is 48.2 Å². The molecule has 0 aliphatic carbocycles. The van der Waals surface area contributed by atoms with Crippen LogP contribution in [0.3, 0.4) is 0 Å². The fourth-order valence-electron chi connectivity index (χ4n) is 3.60. The average molecular weight is 401 g/mol. The van der Waals surface area contributed by atoms with Crippen molar-refractivity contribution in [3.05, 3.63) is 65.9 Å². The van der Waals surface area contributed by atoms with Gasteiger partial charge in [-0.1, -0.05) is 36.4 Å². The number of nitrogens with one attached hydrogen (secondary N) is 1. The molecule has 1 aromatic heterocycles. The van der Waals surface area contributed by atoms with E-state index < -0.39 is 0 Å². The largest absolute Gasteiger partial charge is 0.489 e. The molecule has 5 nitrogen and oxygen atoms in total. The Morgan fingerprint density at radius 1 is 1.11 bits per heavy atom. The van der Waals surface area contributed by atoms with Crippen LogP contribution in [0.2, 0.25) is 0 Å². The lowest BCUT2D eigenvalue weighted by Gasteiger charge is -2.31. The van der Waals surface area contributed by atoms with Crippen LogP contribution in [0, 0.1) is 0 Å². The lowest BCUT2D eigenvalue weighted by Crippen LogP contribution is -2.44. The summed E-state index contributed by atoms with van der Waals surface area (Å²) in [4.78, 5) is 15.0. The van der Waals surface area contributed by atoms with Crippen molar-refractivity contribution in [2.45, 2.75) is 25.5 Å². The van der Waals surface area contributed by atoms with Crippen LogP contribution in [0.4, 0.5) is 0 Å². The van der Waals surface area contributed by atoms with E-state index in [1.165, 1.54) is 0 Å². The Hall–Kier alpha value is -2.50. The topological polar surface area (TPSA) is 54.7 Å².